The van der Waals surface area contributed by atoms with Crippen LogP contribution in [-0.2, 0) is 16.0 Å². The first-order valence-electron chi connectivity index (χ1n) is 9.29. The Morgan fingerprint density at radius 2 is 2.04 bits per heavy atom. The SMILES string of the molecule is CC1(C(=O)O)C=CC=C(C(=O)O)C1.CCCCC(CC)Cc1ccc[nH]1. The van der Waals surface area contributed by atoms with Gasteiger partial charge in [-0.15, -0.1) is 0 Å². The predicted molar refractivity (Wildman–Crippen MR) is 103 cm³/mol. The van der Waals surface area contributed by atoms with Gasteiger partial charge < -0.3 is 15.2 Å². The molecule has 0 saturated heterocycles. The van der Waals surface area contributed by atoms with Crippen LogP contribution in [0.4, 0.5) is 0 Å². The van der Waals surface area contributed by atoms with Crippen LogP contribution in [0.25, 0.3) is 0 Å². The van der Waals surface area contributed by atoms with E-state index in [1.165, 1.54) is 62.9 Å². The van der Waals surface area contributed by atoms with Crippen molar-refractivity contribution in [3.05, 3.63) is 47.8 Å². The first-order valence-corrected chi connectivity index (χ1v) is 9.29. The van der Waals surface area contributed by atoms with E-state index in [1.807, 2.05) is 6.20 Å². The molecule has 1 aliphatic carbocycles. The molecule has 1 heterocycles. The number of rotatable bonds is 8. The fraction of sp³-hybridized carbons (Fsp3) is 0.524. The summed E-state index contributed by atoms with van der Waals surface area (Å²) in [6.07, 6.45) is 13.1. The maximum atomic E-state index is 10.8. The lowest BCUT2D eigenvalue weighted by Crippen LogP contribution is -2.28. The molecule has 0 spiro atoms. The first-order chi connectivity index (χ1) is 12.3. The third-order valence-corrected chi connectivity index (χ3v) is 4.80. The summed E-state index contributed by atoms with van der Waals surface area (Å²) in [7, 11) is 0. The highest BCUT2D eigenvalue weighted by Crippen LogP contribution is 2.31. The third kappa shape index (κ3) is 6.90. The standard InChI is InChI=1S/C12H21N.C9H10O4/c1-3-5-7-11(4-2)10-12-8-6-9-13-12;1-9(8(12)13)4-2-3-6(5-9)7(10)11/h6,8-9,11,13H,3-5,7,10H2,1-2H3;2-4H,5H2,1H3,(H,10,11)(H,12,13). The van der Waals surface area contributed by atoms with Crippen LogP contribution >= 0.6 is 0 Å². The molecule has 5 heteroatoms. The van der Waals surface area contributed by atoms with Gasteiger partial charge in [0.1, 0.15) is 0 Å². The Bertz CT molecular complexity index is 630. The molecule has 0 bridgehead atoms. The summed E-state index contributed by atoms with van der Waals surface area (Å²) < 4.78 is 0. The summed E-state index contributed by atoms with van der Waals surface area (Å²) in [5.74, 6) is -1.19. The molecule has 3 N–H and O–H groups in total. The Morgan fingerprint density at radius 3 is 2.54 bits per heavy atom. The smallest absolute Gasteiger partial charge is 0.331 e. The van der Waals surface area contributed by atoms with E-state index in [0.29, 0.717) is 0 Å². The number of unbranched alkanes of at least 4 members (excludes halogenated alkanes) is 1. The van der Waals surface area contributed by atoms with Gasteiger partial charge in [0, 0.05) is 17.5 Å². The summed E-state index contributed by atoms with van der Waals surface area (Å²) in [4.78, 5) is 24.6. The minimum Gasteiger partial charge on any atom is -0.481 e. The van der Waals surface area contributed by atoms with E-state index >= 15 is 0 Å². The van der Waals surface area contributed by atoms with E-state index in [2.05, 4.69) is 31.0 Å². The number of carboxylic acid groups (broad SMARTS) is 2. The van der Waals surface area contributed by atoms with Crippen molar-refractivity contribution in [3.63, 3.8) is 0 Å². The molecule has 0 fully saturated rings. The Labute approximate surface area is 155 Å². The van der Waals surface area contributed by atoms with E-state index in [0.717, 1.165) is 5.92 Å². The molecule has 0 aromatic carbocycles. The topological polar surface area (TPSA) is 90.4 Å². The molecule has 5 nitrogen and oxygen atoms in total. The number of H-pyrrole nitrogens is 1. The van der Waals surface area contributed by atoms with Gasteiger partial charge in [-0.2, -0.15) is 0 Å². The summed E-state index contributed by atoms with van der Waals surface area (Å²) >= 11 is 0. The summed E-state index contributed by atoms with van der Waals surface area (Å²) in [6.45, 7) is 6.06. The zero-order valence-electron chi connectivity index (χ0n) is 16.0. The highest BCUT2D eigenvalue weighted by Gasteiger charge is 2.34. The number of hydrogen-bond donors (Lipinski definition) is 3. The number of carbonyl (C=O) groups is 2. The molecule has 2 atom stereocenters. The van der Waals surface area contributed by atoms with Crippen molar-refractivity contribution in [2.75, 3.05) is 0 Å². The number of aliphatic carboxylic acids is 2. The average molecular weight is 361 g/mol. The number of carboxylic acids is 2. The minimum atomic E-state index is -1.08. The monoisotopic (exact) mass is 361 g/mol. The van der Waals surface area contributed by atoms with Crippen LogP contribution in [0.2, 0.25) is 0 Å². The molecule has 1 aromatic rings. The van der Waals surface area contributed by atoms with E-state index in [4.69, 9.17) is 10.2 Å². The summed E-state index contributed by atoms with van der Waals surface area (Å²) in [5, 5.41) is 17.5. The Balaban J connectivity index is 0.000000260. The molecule has 2 unspecified atom stereocenters. The average Bonchev–Trinajstić information content (AvgIpc) is 3.12. The van der Waals surface area contributed by atoms with Crippen LogP contribution in [0.1, 0.15) is 58.6 Å². The first kappa shape index (κ1) is 21.7. The lowest BCUT2D eigenvalue weighted by atomic mass is 9.80. The van der Waals surface area contributed by atoms with Gasteiger partial charge in [-0.25, -0.2) is 4.79 Å². The van der Waals surface area contributed by atoms with Gasteiger partial charge in [-0.05, 0) is 37.8 Å². The van der Waals surface area contributed by atoms with E-state index in [-0.39, 0.29) is 12.0 Å². The van der Waals surface area contributed by atoms with Crippen molar-refractivity contribution in [3.8, 4) is 0 Å². The van der Waals surface area contributed by atoms with Crippen LogP contribution in [0.15, 0.2) is 42.1 Å². The number of nitrogens with one attached hydrogen (secondary N) is 1. The van der Waals surface area contributed by atoms with E-state index in [1.54, 1.807) is 0 Å². The summed E-state index contributed by atoms with van der Waals surface area (Å²) in [6, 6.07) is 4.27. The number of aromatic nitrogens is 1. The van der Waals surface area contributed by atoms with Crippen LogP contribution in [-0.4, -0.2) is 27.1 Å². The van der Waals surface area contributed by atoms with Gasteiger partial charge in [-0.3, -0.25) is 4.79 Å². The second-order valence-electron chi connectivity index (χ2n) is 7.07. The van der Waals surface area contributed by atoms with Crippen molar-refractivity contribution in [1.29, 1.82) is 0 Å². The normalized spacial score (nSPS) is 19.9. The van der Waals surface area contributed by atoms with Crippen LogP contribution in [0.5, 0.6) is 0 Å². The Kier molecular flexibility index (Phi) is 8.90. The largest absolute Gasteiger partial charge is 0.481 e. The number of hydrogen-bond acceptors (Lipinski definition) is 2. The summed E-state index contributed by atoms with van der Waals surface area (Å²) in [5.41, 5.74) is 0.443. The highest BCUT2D eigenvalue weighted by molar-refractivity contribution is 5.90. The zero-order chi connectivity index (χ0) is 19.6. The van der Waals surface area contributed by atoms with Crippen LogP contribution < -0.4 is 0 Å². The van der Waals surface area contributed by atoms with Crippen LogP contribution in [0.3, 0.4) is 0 Å². The zero-order valence-corrected chi connectivity index (χ0v) is 16.0. The van der Waals surface area contributed by atoms with Crippen LogP contribution in [0, 0.1) is 11.3 Å². The molecule has 0 radical (unpaired) electrons. The predicted octanol–water partition coefficient (Wildman–Crippen LogP) is 4.82. The van der Waals surface area contributed by atoms with Gasteiger partial charge in [0.25, 0.3) is 0 Å². The molecule has 1 aliphatic rings. The molecule has 0 amide bonds. The molecule has 144 valence electrons. The van der Waals surface area contributed by atoms with Gasteiger partial charge >= 0.3 is 11.9 Å². The third-order valence-electron chi connectivity index (χ3n) is 4.80. The van der Waals surface area contributed by atoms with Gasteiger partial charge in [-0.1, -0.05) is 57.8 Å². The van der Waals surface area contributed by atoms with Crippen molar-refractivity contribution in [2.45, 2.75) is 59.3 Å². The molecule has 0 aliphatic heterocycles. The van der Waals surface area contributed by atoms with Gasteiger partial charge in [0.2, 0.25) is 0 Å². The van der Waals surface area contributed by atoms with Gasteiger partial charge in [0.05, 0.1) is 5.41 Å². The van der Waals surface area contributed by atoms with Crippen molar-refractivity contribution < 1.29 is 19.8 Å². The maximum Gasteiger partial charge on any atom is 0.331 e. The Morgan fingerprint density at radius 1 is 1.31 bits per heavy atom. The van der Waals surface area contributed by atoms with E-state index in [9.17, 15) is 9.59 Å². The molecule has 0 saturated carbocycles. The van der Waals surface area contributed by atoms with E-state index < -0.39 is 17.4 Å². The minimum absolute atomic E-state index is 0.0359. The lowest BCUT2D eigenvalue weighted by molar-refractivity contribution is -0.145. The molecule has 26 heavy (non-hydrogen) atoms. The lowest BCUT2D eigenvalue weighted by Gasteiger charge is -2.23. The fourth-order valence-electron chi connectivity index (χ4n) is 2.93. The number of allylic oxidation sites excluding steroid dienone is 2. The maximum absolute atomic E-state index is 10.8. The highest BCUT2D eigenvalue weighted by atomic mass is 16.4. The van der Waals surface area contributed by atoms with Crippen molar-refractivity contribution in [1.82, 2.24) is 4.98 Å². The number of aromatic amines is 1. The van der Waals surface area contributed by atoms with Gasteiger partial charge in [0.15, 0.2) is 0 Å². The molecular weight excluding hydrogens is 330 g/mol. The van der Waals surface area contributed by atoms with Crippen molar-refractivity contribution in [2.24, 2.45) is 11.3 Å². The quantitative estimate of drug-likeness (QED) is 0.619. The Hall–Kier alpha value is -2.30. The van der Waals surface area contributed by atoms with Crippen molar-refractivity contribution >= 4 is 11.9 Å². The second kappa shape index (κ2) is 10.6. The molecule has 2 rings (SSSR count). The molecular formula is C21H31NO4. The molecule has 1 aromatic heterocycles. The fourth-order valence-corrected chi connectivity index (χ4v) is 2.93. The second-order valence-corrected chi connectivity index (χ2v) is 7.07.